The molecule has 2 fully saturated rings. The lowest BCUT2D eigenvalue weighted by Crippen LogP contribution is -2.49. The molecule has 2 aliphatic carbocycles. The smallest absolute Gasteiger partial charge is 0.411 e. The topological polar surface area (TPSA) is 38.3 Å². The summed E-state index contributed by atoms with van der Waals surface area (Å²) in [6.45, 7) is 16.3. The number of anilines is 1. The highest BCUT2D eigenvalue weighted by Crippen LogP contribution is 2.61. The van der Waals surface area contributed by atoms with Crippen LogP contribution in [-0.4, -0.2) is 12.2 Å². The van der Waals surface area contributed by atoms with Crippen molar-refractivity contribution in [1.29, 1.82) is 0 Å². The van der Waals surface area contributed by atoms with E-state index in [1.165, 1.54) is 49.7 Å². The van der Waals surface area contributed by atoms with E-state index in [0.717, 1.165) is 30.9 Å². The van der Waals surface area contributed by atoms with E-state index in [2.05, 4.69) is 45.7 Å². The van der Waals surface area contributed by atoms with Crippen molar-refractivity contribution in [2.75, 3.05) is 5.32 Å². The third-order valence-corrected chi connectivity index (χ3v) is 8.54. The van der Waals surface area contributed by atoms with Gasteiger partial charge in [-0.3, -0.25) is 5.32 Å². The number of benzene rings is 1. The molecule has 0 spiro atoms. The summed E-state index contributed by atoms with van der Waals surface area (Å²) in [6, 6.07) is 9.42. The lowest BCUT2D eigenvalue weighted by Gasteiger charge is -2.58. The Kier molecular flexibility index (Phi) is 8.48. The van der Waals surface area contributed by atoms with Crippen LogP contribution in [-0.2, 0) is 4.74 Å². The van der Waals surface area contributed by atoms with Gasteiger partial charge in [-0.05, 0) is 100 Å². The average molecular weight is 452 g/mol. The Morgan fingerprint density at radius 1 is 1.24 bits per heavy atom. The van der Waals surface area contributed by atoms with Crippen LogP contribution in [0.1, 0.15) is 92.4 Å². The van der Waals surface area contributed by atoms with Crippen LogP contribution in [0.2, 0.25) is 0 Å². The van der Waals surface area contributed by atoms with Gasteiger partial charge in [0.2, 0.25) is 0 Å². The standard InChI is InChI=1S/C30H45NO2/c1-22(12-10-13-24(3)33-28(32)31-25-14-8-7-9-15-25)16-18-26-23(2)17-19-27-29(4,5)20-11-21-30(26,27)6/h7-9,12,14-15,24,26-27H,2,10-11,13,16-21H2,1,3-6H3,(H,31,32)/b22-12+/t24-,26+,27+,30-/m1/s1. The minimum absolute atomic E-state index is 0.111. The molecule has 1 aromatic carbocycles. The molecule has 1 N–H and O–H groups in total. The lowest BCUT2D eigenvalue weighted by molar-refractivity contribution is -0.0539. The van der Waals surface area contributed by atoms with Gasteiger partial charge < -0.3 is 4.74 Å². The van der Waals surface area contributed by atoms with E-state index in [0.29, 0.717) is 16.7 Å². The van der Waals surface area contributed by atoms with Gasteiger partial charge in [0.05, 0.1) is 0 Å². The van der Waals surface area contributed by atoms with E-state index < -0.39 is 0 Å². The normalized spacial score (nSPS) is 28.0. The highest BCUT2D eigenvalue weighted by Gasteiger charge is 2.52. The number of carbonyl (C=O) groups excluding carboxylic acids is 1. The van der Waals surface area contributed by atoms with E-state index in [1.807, 2.05) is 37.3 Å². The first-order valence-corrected chi connectivity index (χ1v) is 13.0. The van der Waals surface area contributed by atoms with Crippen molar-refractivity contribution >= 4 is 11.8 Å². The fourth-order valence-corrected chi connectivity index (χ4v) is 6.76. The number of fused-ring (bicyclic) bond motifs is 1. The van der Waals surface area contributed by atoms with Crippen molar-refractivity contribution in [1.82, 2.24) is 0 Å². The zero-order valence-electron chi connectivity index (χ0n) is 21.6. The van der Waals surface area contributed by atoms with E-state index in [4.69, 9.17) is 4.74 Å². The molecule has 3 heteroatoms. The number of hydrogen-bond donors (Lipinski definition) is 1. The predicted octanol–water partition coefficient (Wildman–Crippen LogP) is 8.93. The summed E-state index contributed by atoms with van der Waals surface area (Å²) >= 11 is 0. The molecule has 0 unspecified atom stereocenters. The second-order valence-corrected chi connectivity index (χ2v) is 11.5. The number of rotatable bonds is 8. The van der Waals surface area contributed by atoms with Crippen LogP contribution < -0.4 is 5.32 Å². The highest BCUT2D eigenvalue weighted by molar-refractivity contribution is 5.84. The van der Waals surface area contributed by atoms with Crippen molar-refractivity contribution in [3.05, 3.63) is 54.1 Å². The number of hydrogen-bond acceptors (Lipinski definition) is 2. The first-order chi connectivity index (χ1) is 15.6. The SMILES string of the molecule is C=C1CC[C@H]2C(C)(C)CCC[C@]2(C)[C@H]1CC/C(C)=C/CC[C@@H](C)OC(=O)Nc1ccccc1. The Morgan fingerprint density at radius 3 is 2.70 bits per heavy atom. The monoisotopic (exact) mass is 451 g/mol. The zero-order valence-corrected chi connectivity index (χ0v) is 21.6. The third kappa shape index (κ3) is 6.52. The summed E-state index contributed by atoms with van der Waals surface area (Å²) in [4.78, 5) is 12.1. The molecule has 3 nitrogen and oxygen atoms in total. The van der Waals surface area contributed by atoms with Crippen molar-refractivity contribution in [2.24, 2.45) is 22.7 Å². The largest absolute Gasteiger partial charge is 0.446 e. The number of amides is 1. The Labute approximate surface area is 202 Å². The van der Waals surface area contributed by atoms with Crippen LogP contribution >= 0.6 is 0 Å². The van der Waals surface area contributed by atoms with E-state index in [-0.39, 0.29) is 12.2 Å². The molecule has 4 atom stereocenters. The lowest BCUT2D eigenvalue weighted by atomic mass is 9.47. The molecule has 2 aliphatic rings. The van der Waals surface area contributed by atoms with E-state index >= 15 is 0 Å². The maximum atomic E-state index is 12.1. The van der Waals surface area contributed by atoms with Gasteiger partial charge in [0, 0.05) is 5.69 Å². The molecule has 0 aliphatic heterocycles. The molecule has 0 aromatic heterocycles. The molecular weight excluding hydrogens is 406 g/mol. The number of nitrogens with one attached hydrogen (secondary N) is 1. The minimum Gasteiger partial charge on any atom is -0.446 e. The Hall–Kier alpha value is -2.03. The zero-order chi connectivity index (χ0) is 24.1. The Bertz CT molecular complexity index is 840. The molecule has 1 amide bonds. The van der Waals surface area contributed by atoms with Crippen molar-refractivity contribution < 1.29 is 9.53 Å². The second-order valence-electron chi connectivity index (χ2n) is 11.5. The summed E-state index contributed by atoms with van der Waals surface area (Å²) in [7, 11) is 0. The summed E-state index contributed by atoms with van der Waals surface area (Å²) in [6.07, 6.45) is 12.6. The maximum absolute atomic E-state index is 12.1. The molecule has 33 heavy (non-hydrogen) atoms. The van der Waals surface area contributed by atoms with Crippen LogP contribution in [0.5, 0.6) is 0 Å². The molecule has 2 saturated carbocycles. The van der Waals surface area contributed by atoms with E-state index in [9.17, 15) is 4.79 Å². The van der Waals surface area contributed by atoms with Gasteiger partial charge in [0.25, 0.3) is 0 Å². The van der Waals surface area contributed by atoms with Crippen molar-refractivity contribution in [3.63, 3.8) is 0 Å². The number of allylic oxidation sites excluding steroid dienone is 3. The van der Waals surface area contributed by atoms with Gasteiger partial charge in [-0.1, -0.05) is 69.2 Å². The first kappa shape index (κ1) is 25.6. The van der Waals surface area contributed by atoms with Crippen LogP contribution in [0.4, 0.5) is 10.5 Å². The molecule has 0 bridgehead atoms. The number of para-hydroxylation sites is 1. The van der Waals surface area contributed by atoms with Gasteiger partial charge in [0.1, 0.15) is 6.10 Å². The minimum atomic E-state index is -0.386. The van der Waals surface area contributed by atoms with Crippen molar-refractivity contribution in [3.8, 4) is 0 Å². The van der Waals surface area contributed by atoms with Crippen LogP contribution in [0.25, 0.3) is 0 Å². The fourth-order valence-electron chi connectivity index (χ4n) is 6.76. The van der Waals surface area contributed by atoms with Gasteiger partial charge in [-0.25, -0.2) is 4.79 Å². The molecule has 182 valence electrons. The Morgan fingerprint density at radius 2 is 1.97 bits per heavy atom. The van der Waals surface area contributed by atoms with Crippen molar-refractivity contribution in [2.45, 2.75) is 98.5 Å². The highest BCUT2D eigenvalue weighted by atomic mass is 16.6. The summed E-state index contributed by atoms with van der Waals surface area (Å²) in [5.41, 5.74) is 4.56. The first-order valence-electron chi connectivity index (χ1n) is 13.0. The third-order valence-electron chi connectivity index (χ3n) is 8.54. The number of carbonyl (C=O) groups is 1. The van der Waals surface area contributed by atoms with Gasteiger partial charge >= 0.3 is 6.09 Å². The average Bonchev–Trinajstić information content (AvgIpc) is 2.73. The quantitative estimate of drug-likeness (QED) is 0.401. The Balaban J connectivity index is 1.45. The van der Waals surface area contributed by atoms with Crippen LogP contribution in [0.15, 0.2) is 54.1 Å². The summed E-state index contributed by atoms with van der Waals surface area (Å²) in [5.74, 6) is 1.46. The number of ether oxygens (including phenoxy) is 1. The summed E-state index contributed by atoms with van der Waals surface area (Å²) < 4.78 is 5.51. The van der Waals surface area contributed by atoms with E-state index in [1.54, 1.807) is 0 Å². The summed E-state index contributed by atoms with van der Waals surface area (Å²) in [5, 5.41) is 2.78. The predicted molar refractivity (Wildman–Crippen MR) is 139 cm³/mol. The van der Waals surface area contributed by atoms with Gasteiger partial charge in [-0.15, -0.1) is 0 Å². The molecule has 0 radical (unpaired) electrons. The molecule has 0 saturated heterocycles. The molecular formula is C30H45NO2. The van der Waals surface area contributed by atoms with Crippen LogP contribution in [0, 0.1) is 22.7 Å². The molecule has 0 heterocycles. The van der Waals surface area contributed by atoms with Gasteiger partial charge in [0.15, 0.2) is 0 Å². The second kappa shape index (κ2) is 10.9. The maximum Gasteiger partial charge on any atom is 0.411 e. The van der Waals surface area contributed by atoms with Gasteiger partial charge in [-0.2, -0.15) is 0 Å². The molecule has 1 aromatic rings. The molecule has 3 rings (SSSR count). The van der Waals surface area contributed by atoms with Crippen LogP contribution in [0.3, 0.4) is 0 Å². The fraction of sp³-hybridized carbons (Fsp3) is 0.633.